The fourth-order valence-electron chi connectivity index (χ4n) is 13.5. The van der Waals surface area contributed by atoms with E-state index >= 15 is 0 Å². The van der Waals surface area contributed by atoms with Crippen molar-refractivity contribution < 1.29 is 0 Å². The molecule has 0 radical (unpaired) electrons. The van der Waals surface area contributed by atoms with Gasteiger partial charge in [0.1, 0.15) is 0 Å². The van der Waals surface area contributed by atoms with Crippen LogP contribution in [0.4, 0.5) is 34.1 Å². The van der Waals surface area contributed by atoms with E-state index < -0.39 is 5.41 Å². The van der Waals surface area contributed by atoms with Crippen LogP contribution in [-0.4, -0.2) is 6.71 Å². The second-order valence-corrected chi connectivity index (χ2v) is 27.7. The van der Waals surface area contributed by atoms with E-state index in [0.717, 1.165) is 0 Å². The zero-order valence-corrected chi connectivity index (χ0v) is 46.8. The highest BCUT2D eigenvalue weighted by atomic mass is 32.1. The van der Waals surface area contributed by atoms with Crippen LogP contribution in [0.5, 0.6) is 0 Å². The lowest BCUT2D eigenvalue weighted by Crippen LogP contribution is -2.60. The van der Waals surface area contributed by atoms with Gasteiger partial charge in [-0.15, -0.1) is 11.3 Å². The van der Waals surface area contributed by atoms with Crippen molar-refractivity contribution in [3.05, 3.63) is 219 Å². The molecule has 2 nitrogen and oxygen atoms in total. The number of hydrogen-bond donors (Lipinski definition) is 0. The molecule has 8 aromatic carbocycles. The molecule has 74 heavy (non-hydrogen) atoms. The Labute approximate surface area is 445 Å². The Balaban J connectivity index is 1.16. The maximum absolute atomic E-state index is 2.68. The van der Waals surface area contributed by atoms with Crippen molar-refractivity contribution in [2.75, 3.05) is 9.80 Å². The molecule has 4 aliphatic rings. The Morgan fingerprint density at radius 1 is 0.405 bits per heavy atom. The molecule has 0 saturated heterocycles. The summed E-state index contributed by atoms with van der Waals surface area (Å²) in [5, 5.41) is 1.31. The van der Waals surface area contributed by atoms with Gasteiger partial charge in [0.05, 0.1) is 11.1 Å². The van der Waals surface area contributed by atoms with Gasteiger partial charge in [-0.25, -0.2) is 0 Å². The van der Waals surface area contributed by atoms with Gasteiger partial charge in [0.15, 0.2) is 0 Å². The molecule has 4 heteroatoms. The van der Waals surface area contributed by atoms with Crippen LogP contribution in [0.2, 0.25) is 0 Å². The normalized spacial score (nSPS) is 15.8. The second kappa shape index (κ2) is 15.5. The molecule has 0 fully saturated rings. The van der Waals surface area contributed by atoms with Gasteiger partial charge >= 0.3 is 0 Å². The SMILES string of the molecule is CC(C)(C)c1ccc(N2c3cc(C(C)(C)C)ccc3B3c4sc5cc6c(cc5c4N(c4ccc(C(C)(C)C)cc4)c4cc(C(C)(C)C)cc2c43)-c2ccccc2C62c3ccccc3C(C)(C)c3ccccc32)cc1. The molecule has 9 aromatic rings. The van der Waals surface area contributed by atoms with Crippen LogP contribution in [-0.2, 0) is 32.5 Å². The van der Waals surface area contributed by atoms with E-state index in [1.54, 1.807) is 0 Å². The van der Waals surface area contributed by atoms with Gasteiger partial charge in [-0.2, -0.15) is 0 Å². The maximum Gasteiger partial charge on any atom is 0.264 e. The summed E-state index contributed by atoms with van der Waals surface area (Å²) >= 11 is 2.02. The van der Waals surface area contributed by atoms with Crippen LogP contribution >= 0.6 is 11.3 Å². The van der Waals surface area contributed by atoms with E-state index in [-0.39, 0.29) is 33.8 Å². The lowest BCUT2D eigenvalue weighted by Gasteiger charge is -2.46. The van der Waals surface area contributed by atoms with E-state index in [1.807, 2.05) is 11.3 Å². The minimum Gasteiger partial charge on any atom is -0.311 e. The first-order chi connectivity index (χ1) is 35.0. The van der Waals surface area contributed by atoms with Crippen LogP contribution in [0, 0.1) is 0 Å². The molecule has 2 aliphatic heterocycles. The number of rotatable bonds is 2. The molecule has 1 aromatic heterocycles. The van der Waals surface area contributed by atoms with Crippen LogP contribution in [0.25, 0.3) is 21.2 Å². The van der Waals surface area contributed by atoms with Crippen LogP contribution in [0.15, 0.2) is 164 Å². The molecule has 1 spiro atoms. The minimum absolute atomic E-state index is 0.00801. The molecular formula is C70H69BN2S. The summed E-state index contributed by atoms with van der Waals surface area (Å²) in [6.07, 6.45) is 0. The lowest BCUT2D eigenvalue weighted by atomic mass is 9.36. The van der Waals surface area contributed by atoms with Gasteiger partial charge in [-0.05, 0) is 154 Å². The van der Waals surface area contributed by atoms with Gasteiger partial charge in [-0.3, -0.25) is 0 Å². The molecule has 13 rings (SSSR count). The van der Waals surface area contributed by atoms with Crippen molar-refractivity contribution in [3.8, 4) is 11.1 Å². The van der Waals surface area contributed by atoms with Crippen LogP contribution in [0.3, 0.4) is 0 Å². The predicted molar refractivity (Wildman–Crippen MR) is 320 cm³/mol. The Kier molecular flexibility index (Phi) is 9.86. The Hall–Kier alpha value is -6.62. The average molecular weight is 981 g/mol. The van der Waals surface area contributed by atoms with Gasteiger partial charge < -0.3 is 9.80 Å². The van der Waals surface area contributed by atoms with Crippen molar-refractivity contribution in [2.45, 2.75) is 129 Å². The molecule has 0 bridgehead atoms. The number of thiophene rings is 1. The highest BCUT2D eigenvalue weighted by Gasteiger charge is 2.54. The smallest absolute Gasteiger partial charge is 0.264 e. The summed E-state index contributed by atoms with van der Waals surface area (Å²) < 4.78 is 2.73. The molecule has 3 heterocycles. The number of benzene rings is 8. The zero-order valence-electron chi connectivity index (χ0n) is 46.0. The van der Waals surface area contributed by atoms with E-state index in [0.29, 0.717) is 0 Å². The molecule has 2 aliphatic carbocycles. The van der Waals surface area contributed by atoms with Crippen molar-refractivity contribution in [2.24, 2.45) is 0 Å². The quantitative estimate of drug-likeness (QED) is 0.159. The van der Waals surface area contributed by atoms with Gasteiger partial charge in [0, 0.05) is 48.7 Å². The largest absolute Gasteiger partial charge is 0.311 e. The summed E-state index contributed by atoms with van der Waals surface area (Å²) in [6, 6.07) is 64.8. The number of nitrogens with zero attached hydrogens (tertiary/aromatic N) is 2. The number of anilines is 6. The molecular weight excluding hydrogens is 912 g/mol. The fourth-order valence-corrected chi connectivity index (χ4v) is 14.8. The minimum atomic E-state index is -0.475. The van der Waals surface area contributed by atoms with E-state index in [9.17, 15) is 0 Å². The van der Waals surface area contributed by atoms with E-state index in [2.05, 4.69) is 271 Å². The van der Waals surface area contributed by atoms with Crippen LogP contribution in [0.1, 0.15) is 153 Å². The Morgan fingerprint density at radius 2 is 0.865 bits per heavy atom. The first-order valence-corrected chi connectivity index (χ1v) is 27.9. The summed E-state index contributed by atoms with van der Waals surface area (Å²) in [4.78, 5) is 5.30. The standard InChI is InChI=1S/C70H69BN2S/c1-65(2,3)42-27-32-46(33-28-42)72-58-37-44(67(7,8)9)31-36-57(58)71-62-59(72)38-45(68(10,11)12)39-60(62)73(47-34-29-43(30-35-47)66(4,5)6)63-50-40-49-48-21-15-16-22-51(48)70(56(49)41-61(50)74-64(63)71)54-25-19-17-23-52(54)69(13,14)53-24-18-20-26-55(53)70/h15-41H,1-14H3. The van der Waals surface area contributed by atoms with Gasteiger partial charge in [0.25, 0.3) is 6.71 Å². The Morgan fingerprint density at radius 3 is 1.41 bits per heavy atom. The first-order valence-electron chi connectivity index (χ1n) is 27.0. The topological polar surface area (TPSA) is 6.48 Å². The molecule has 0 unspecified atom stereocenters. The van der Waals surface area contributed by atoms with Gasteiger partial charge in [-0.1, -0.05) is 206 Å². The number of fused-ring (bicyclic) bond motifs is 15. The van der Waals surface area contributed by atoms with E-state index in [1.165, 1.54) is 127 Å². The maximum atomic E-state index is 2.68. The molecule has 0 N–H and O–H groups in total. The predicted octanol–water partition coefficient (Wildman–Crippen LogP) is 17.2. The molecule has 0 amide bonds. The average Bonchev–Trinajstić information content (AvgIpc) is 3.87. The highest BCUT2D eigenvalue weighted by molar-refractivity contribution is 7.33. The monoisotopic (exact) mass is 981 g/mol. The van der Waals surface area contributed by atoms with Crippen LogP contribution < -0.4 is 25.5 Å². The second-order valence-electron chi connectivity index (χ2n) is 26.6. The Bertz CT molecular complexity index is 3750. The van der Waals surface area contributed by atoms with Gasteiger partial charge in [0.2, 0.25) is 0 Å². The zero-order chi connectivity index (χ0) is 51.8. The molecule has 0 atom stereocenters. The number of hydrogen-bond acceptors (Lipinski definition) is 3. The van der Waals surface area contributed by atoms with Crippen molar-refractivity contribution in [1.29, 1.82) is 0 Å². The van der Waals surface area contributed by atoms with E-state index in [4.69, 9.17) is 0 Å². The summed E-state index contributed by atoms with van der Waals surface area (Å²) in [6.45, 7) is 33.0. The molecule has 0 saturated carbocycles. The third-order valence-electron chi connectivity index (χ3n) is 17.6. The lowest BCUT2D eigenvalue weighted by molar-refractivity contribution is 0.563. The van der Waals surface area contributed by atoms with Crippen molar-refractivity contribution >= 4 is 78.0 Å². The summed E-state index contributed by atoms with van der Waals surface area (Å²) in [7, 11) is 0. The van der Waals surface area contributed by atoms with Crippen molar-refractivity contribution in [1.82, 2.24) is 0 Å². The highest BCUT2D eigenvalue weighted by Crippen LogP contribution is 2.63. The summed E-state index contributed by atoms with van der Waals surface area (Å²) in [5.74, 6) is 0. The third-order valence-corrected chi connectivity index (χ3v) is 18.8. The first kappa shape index (κ1) is 47.1. The molecule has 368 valence electrons. The third kappa shape index (κ3) is 6.55. The summed E-state index contributed by atoms with van der Waals surface area (Å²) in [5.41, 5.74) is 25.8. The van der Waals surface area contributed by atoms with Crippen molar-refractivity contribution in [3.63, 3.8) is 0 Å². The fraction of sp³-hybridized carbons (Fsp3) is 0.286.